The lowest BCUT2D eigenvalue weighted by molar-refractivity contribution is 0.580. The first kappa shape index (κ1) is 15.0. The summed E-state index contributed by atoms with van der Waals surface area (Å²) in [6.45, 7) is 1.11. The van der Waals surface area contributed by atoms with Crippen LogP contribution in [0.5, 0.6) is 0 Å². The van der Waals surface area contributed by atoms with Gasteiger partial charge in [0.25, 0.3) is 0 Å². The number of nitrogens with two attached hydrogens (primary N) is 1. The SMILES string of the molecule is Cc1cc(F)ccc1S(=O)(=O)NCCS(N)(=O)=O. The molecule has 0 atom stereocenters. The van der Waals surface area contributed by atoms with Crippen LogP contribution in [0.15, 0.2) is 23.1 Å². The largest absolute Gasteiger partial charge is 0.240 e. The van der Waals surface area contributed by atoms with E-state index in [1.54, 1.807) is 0 Å². The van der Waals surface area contributed by atoms with E-state index in [0.717, 1.165) is 18.2 Å². The number of nitrogens with one attached hydrogen (secondary N) is 1. The van der Waals surface area contributed by atoms with Gasteiger partial charge < -0.3 is 0 Å². The predicted molar refractivity (Wildman–Crippen MR) is 64.3 cm³/mol. The Labute approximate surface area is 105 Å². The van der Waals surface area contributed by atoms with E-state index in [2.05, 4.69) is 4.72 Å². The zero-order valence-corrected chi connectivity index (χ0v) is 11.2. The van der Waals surface area contributed by atoms with Crippen molar-refractivity contribution in [3.63, 3.8) is 0 Å². The molecule has 0 saturated carbocycles. The lowest BCUT2D eigenvalue weighted by atomic mass is 10.2. The van der Waals surface area contributed by atoms with Gasteiger partial charge in [0, 0.05) is 6.54 Å². The maximum atomic E-state index is 12.8. The summed E-state index contributed by atoms with van der Waals surface area (Å²) in [4.78, 5) is -0.0988. The maximum Gasteiger partial charge on any atom is 0.240 e. The average molecular weight is 296 g/mol. The third kappa shape index (κ3) is 4.33. The summed E-state index contributed by atoms with van der Waals surface area (Å²) in [5.74, 6) is -1.05. The summed E-state index contributed by atoms with van der Waals surface area (Å²) in [5.41, 5.74) is 0.234. The Morgan fingerprint density at radius 3 is 2.39 bits per heavy atom. The molecule has 0 unspecified atom stereocenters. The highest BCUT2D eigenvalue weighted by molar-refractivity contribution is 7.90. The van der Waals surface area contributed by atoms with Crippen molar-refractivity contribution in [1.29, 1.82) is 0 Å². The van der Waals surface area contributed by atoms with Crippen LogP contribution < -0.4 is 9.86 Å². The van der Waals surface area contributed by atoms with E-state index in [4.69, 9.17) is 5.14 Å². The number of primary sulfonamides is 1. The molecule has 0 radical (unpaired) electrons. The first-order valence-corrected chi connectivity index (χ1v) is 8.08. The summed E-state index contributed by atoms with van der Waals surface area (Å²) in [5, 5.41) is 4.74. The Balaban J connectivity index is 2.87. The third-order valence-corrected chi connectivity index (χ3v) is 4.50. The molecule has 0 saturated heterocycles. The summed E-state index contributed by atoms with van der Waals surface area (Å²) < 4.78 is 59.8. The predicted octanol–water partition coefficient (Wildman–Crippen LogP) is -0.299. The molecule has 102 valence electrons. The molecular formula is C9H13FN2O4S2. The minimum Gasteiger partial charge on any atom is -0.229 e. The van der Waals surface area contributed by atoms with Crippen molar-refractivity contribution in [1.82, 2.24) is 4.72 Å². The van der Waals surface area contributed by atoms with Crippen molar-refractivity contribution in [2.24, 2.45) is 5.14 Å². The van der Waals surface area contributed by atoms with Crippen molar-refractivity contribution in [3.8, 4) is 0 Å². The van der Waals surface area contributed by atoms with E-state index < -0.39 is 31.6 Å². The van der Waals surface area contributed by atoms with Gasteiger partial charge in [0.2, 0.25) is 20.0 Å². The van der Waals surface area contributed by atoms with Gasteiger partial charge in [-0.05, 0) is 30.7 Å². The first-order chi connectivity index (χ1) is 8.12. The number of hydrogen-bond donors (Lipinski definition) is 2. The fraction of sp³-hybridized carbons (Fsp3) is 0.333. The molecule has 0 heterocycles. The van der Waals surface area contributed by atoms with Gasteiger partial charge in [0.05, 0.1) is 10.6 Å². The summed E-state index contributed by atoms with van der Waals surface area (Å²) in [6.07, 6.45) is 0. The van der Waals surface area contributed by atoms with Crippen molar-refractivity contribution < 1.29 is 21.2 Å². The zero-order chi connectivity index (χ0) is 14.0. The van der Waals surface area contributed by atoms with E-state index in [-0.39, 0.29) is 17.0 Å². The van der Waals surface area contributed by atoms with Crippen LogP contribution in [-0.2, 0) is 20.0 Å². The van der Waals surface area contributed by atoms with Gasteiger partial charge >= 0.3 is 0 Å². The Morgan fingerprint density at radius 2 is 1.89 bits per heavy atom. The molecule has 1 aromatic rings. The van der Waals surface area contributed by atoms with E-state index in [1.807, 2.05) is 0 Å². The van der Waals surface area contributed by atoms with Crippen LogP contribution >= 0.6 is 0 Å². The standard InChI is InChI=1S/C9H13FN2O4S2/c1-7-6-8(10)2-3-9(7)18(15,16)12-4-5-17(11,13)14/h2-3,6,12H,4-5H2,1H3,(H2,11,13,14). The molecule has 1 rings (SSSR count). The topological polar surface area (TPSA) is 106 Å². The molecule has 3 N–H and O–H groups in total. The van der Waals surface area contributed by atoms with Gasteiger partial charge in [-0.15, -0.1) is 0 Å². The fourth-order valence-electron chi connectivity index (χ4n) is 1.31. The molecule has 0 aliphatic heterocycles. The lowest BCUT2D eigenvalue weighted by Gasteiger charge is -2.08. The maximum absolute atomic E-state index is 12.8. The highest BCUT2D eigenvalue weighted by Gasteiger charge is 2.17. The summed E-state index contributed by atoms with van der Waals surface area (Å²) >= 11 is 0. The van der Waals surface area contributed by atoms with E-state index >= 15 is 0 Å². The molecule has 18 heavy (non-hydrogen) atoms. The molecule has 0 spiro atoms. The molecule has 0 aromatic heterocycles. The molecule has 0 aliphatic carbocycles. The normalized spacial score (nSPS) is 12.6. The molecule has 0 bridgehead atoms. The quantitative estimate of drug-likeness (QED) is 0.778. The van der Waals surface area contributed by atoms with Gasteiger partial charge in [-0.3, -0.25) is 0 Å². The third-order valence-electron chi connectivity index (χ3n) is 2.11. The first-order valence-electron chi connectivity index (χ1n) is 4.88. The molecular weight excluding hydrogens is 283 g/mol. The average Bonchev–Trinajstić information content (AvgIpc) is 2.13. The molecule has 0 aliphatic rings. The molecule has 0 amide bonds. The zero-order valence-electron chi connectivity index (χ0n) is 9.55. The second kappa shape index (κ2) is 5.31. The van der Waals surface area contributed by atoms with Crippen LogP contribution in [0.3, 0.4) is 0 Å². The molecule has 6 nitrogen and oxygen atoms in total. The Bertz CT molecular complexity index is 641. The van der Waals surface area contributed by atoms with E-state index in [1.165, 1.54) is 6.92 Å². The van der Waals surface area contributed by atoms with Gasteiger partial charge in [-0.25, -0.2) is 31.1 Å². The van der Waals surface area contributed by atoms with Crippen LogP contribution in [-0.4, -0.2) is 29.1 Å². The minimum absolute atomic E-state index is 0.0988. The second-order valence-electron chi connectivity index (χ2n) is 3.67. The minimum atomic E-state index is -3.87. The van der Waals surface area contributed by atoms with Gasteiger partial charge in [0.1, 0.15) is 5.82 Å². The number of hydrogen-bond acceptors (Lipinski definition) is 4. The van der Waals surface area contributed by atoms with Crippen LogP contribution in [0.4, 0.5) is 4.39 Å². The van der Waals surface area contributed by atoms with Crippen LogP contribution in [0, 0.1) is 12.7 Å². The Kier molecular flexibility index (Phi) is 4.43. The fourth-order valence-corrected chi connectivity index (χ4v) is 3.08. The van der Waals surface area contributed by atoms with Gasteiger partial charge in [-0.1, -0.05) is 0 Å². The van der Waals surface area contributed by atoms with Gasteiger partial charge in [0.15, 0.2) is 0 Å². The summed E-state index contributed by atoms with van der Waals surface area (Å²) in [6, 6.07) is 3.21. The van der Waals surface area contributed by atoms with Gasteiger partial charge in [-0.2, -0.15) is 0 Å². The van der Waals surface area contributed by atoms with E-state index in [9.17, 15) is 21.2 Å². The summed E-state index contributed by atoms with van der Waals surface area (Å²) in [7, 11) is -7.60. The number of sulfonamides is 2. The van der Waals surface area contributed by atoms with Crippen LogP contribution in [0.1, 0.15) is 5.56 Å². The van der Waals surface area contributed by atoms with Crippen molar-refractivity contribution in [2.75, 3.05) is 12.3 Å². The number of rotatable bonds is 5. The highest BCUT2D eigenvalue weighted by Crippen LogP contribution is 2.15. The highest BCUT2D eigenvalue weighted by atomic mass is 32.2. The van der Waals surface area contributed by atoms with Crippen LogP contribution in [0.25, 0.3) is 0 Å². The number of halogens is 1. The molecule has 0 fully saturated rings. The Morgan fingerprint density at radius 1 is 1.28 bits per heavy atom. The molecule has 1 aromatic carbocycles. The Hall–Kier alpha value is -1.03. The lowest BCUT2D eigenvalue weighted by Crippen LogP contribution is -2.31. The van der Waals surface area contributed by atoms with Crippen molar-refractivity contribution in [2.45, 2.75) is 11.8 Å². The van der Waals surface area contributed by atoms with Crippen molar-refractivity contribution >= 4 is 20.0 Å². The molecule has 9 heteroatoms. The van der Waals surface area contributed by atoms with Crippen molar-refractivity contribution in [3.05, 3.63) is 29.6 Å². The van der Waals surface area contributed by atoms with E-state index in [0.29, 0.717) is 0 Å². The van der Waals surface area contributed by atoms with Crippen LogP contribution in [0.2, 0.25) is 0 Å². The monoisotopic (exact) mass is 296 g/mol. The smallest absolute Gasteiger partial charge is 0.229 e. The second-order valence-corrected chi connectivity index (χ2v) is 7.14. The number of aryl methyl sites for hydroxylation is 1. The number of benzene rings is 1.